The molecule has 1 aromatic rings. The average Bonchev–Trinajstić information content (AvgIpc) is 2.65. The summed E-state index contributed by atoms with van der Waals surface area (Å²) in [6, 6.07) is 0.224. The first-order valence-corrected chi connectivity index (χ1v) is 5.50. The van der Waals surface area contributed by atoms with Gasteiger partial charge < -0.3 is 9.73 Å². The van der Waals surface area contributed by atoms with Crippen LogP contribution in [0.3, 0.4) is 0 Å². The zero-order valence-corrected chi connectivity index (χ0v) is 9.13. The molecule has 0 aliphatic carbocycles. The van der Waals surface area contributed by atoms with Crippen LogP contribution in [0.4, 0.5) is 0 Å². The van der Waals surface area contributed by atoms with E-state index in [0.29, 0.717) is 11.1 Å². The molecule has 1 aromatic heterocycles. The molecule has 0 radical (unpaired) electrons. The molecule has 0 amide bonds. The molecular weight excluding hydrogens is 198 g/mol. The van der Waals surface area contributed by atoms with Crippen molar-refractivity contribution in [2.75, 3.05) is 6.54 Å². The molecule has 1 N–H and O–H groups in total. The van der Waals surface area contributed by atoms with Crippen LogP contribution >= 0.6 is 12.6 Å². The molecule has 14 heavy (non-hydrogen) atoms. The maximum atomic E-state index is 5.30. The second-order valence-electron chi connectivity index (χ2n) is 3.73. The standard InChI is InChI=1S/C9H15N3OS/c1-2-6-3-4-10-7(5-6)8-11-12-9(14)13-8/h6-7,10H,2-5H2,1H3,(H,12,14)/t6?,7-/m1/s1. The second-order valence-corrected chi connectivity index (χ2v) is 4.11. The van der Waals surface area contributed by atoms with Crippen molar-refractivity contribution in [2.24, 2.45) is 5.92 Å². The first-order chi connectivity index (χ1) is 6.79. The Balaban J connectivity index is 2.04. The smallest absolute Gasteiger partial charge is 0.273 e. The largest absolute Gasteiger partial charge is 0.414 e. The molecule has 0 saturated carbocycles. The Morgan fingerprint density at radius 1 is 1.57 bits per heavy atom. The van der Waals surface area contributed by atoms with Gasteiger partial charge in [0.2, 0.25) is 5.89 Å². The highest BCUT2D eigenvalue weighted by Gasteiger charge is 2.25. The fourth-order valence-corrected chi connectivity index (χ4v) is 2.06. The molecule has 5 heteroatoms. The molecule has 1 aliphatic rings. The lowest BCUT2D eigenvalue weighted by Gasteiger charge is -2.27. The summed E-state index contributed by atoms with van der Waals surface area (Å²) < 4.78 is 5.30. The third kappa shape index (κ3) is 2.09. The van der Waals surface area contributed by atoms with Crippen LogP contribution in [0.2, 0.25) is 0 Å². The zero-order valence-electron chi connectivity index (χ0n) is 8.23. The summed E-state index contributed by atoms with van der Waals surface area (Å²) >= 11 is 4.00. The Morgan fingerprint density at radius 2 is 2.43 bits per heavy atom. The Labute approximate surface area is 88.9 Å². The molecule has 1 fully saturated rings. The molecule has 1 unspecified atom stereocenters. The van der Waals surface area contributed by atoms with E-state index in [2.05, 4.69) is 35.1 Å². The Kier molecular flexibility index (Phi) is 3.08. The summed E-state index contributed by atoms with van der Waals surface area (Å²) in [5.74, 6) is 1.45. The van der Waals surface area contributed by atoms with Gasteiger partial charge in [0.05, 0.1) is 6.04 Å². The fourth-order valence-electron chi connectivity index (χ4n) is 1.92. The highest BCUT2D eigenvalue weighted by molar-refractivity contribution is 7.80. The summed E-state index contributed by atoms with van der Waals surface area (Å²) in [5.41, 5.74) is 0. The maximum Gasteiger partial charge on any atom is 0.273 e. The highest BCUT2D eigenvalue weighted by atomic mass is 32.1. The highest BCUT2D eigenvalue weighted by Crippen LogP contribution is 2.28. The van der Waals surface area contributed by atoms with Crippen LogP contribution < -0.4 is 5.32 Å². The molecule has 1 saturated heterocycles. The molecule has 1 aliphatic heterocycles. The Hall–Kier alpha value is -0.550. The predicted octanol–water partition coefficient (Wildman–Crippen LogP) is 1.81. The Bertz CT molecular complexity index is 302. The monoisotopic (exact) mass is 213 g/mol. The third-order valence-corrected chi connectivity index (χ3v) is 3.00. The van der Waals surface area contributed by atoms with E-state index in [-0.39, 0.29) is 6.04 Å². The van der Waals surface area contributed by atoms with Crippen molar-refractivity contribution in [3.8, 4) is 0 Å². The zero-order chi connectivity index (χ0) is 9.97. The first kappa shape index (κ1) is 9.98. The van der Waals surface area contributed by atoms with Gasteiger partial charge in [0.1, 0.15) is 0 Å². The van der Waals surface area contributed by atoms with Gasteiger partial charge in [-0.1, -0.05) is 26.0 Å². The van der Waals surface area contributed by atoms with Crippen molar-refractivity contribution in [2.45, 2.75) is 37.5 Å². The van der Waals surface area contributed by atoms with Crippen molar-refractivity contribution in [3.05, 3.63) is 5.89 Å². The normalized spacial score (nSPS) is 27.9. The van der Waals surface area contributed by atoms with Crippen LogP contribution in [0, 0.1) is 5.92 Å². The molecule has 78 valence electrons. The molecule has 0 bridgehead atoms. The van der Waals surface area contributed by atoms with E-state index in [1.54, 1.807) is 0 Å². The van der Waals surface area contributed by atoms with E-state index < -0.39 is 0 Å². The number of hydrogen-bond acceptors (Lipinski definition) is 5. The van der Waals surface area contributed by atoms with Gasteiger partial charge in [0.25, 0.3) is 5.22 Å². The third-order valence-electron chi connectivity index (χ3n) is 2.82. The van der Waals surface area contributed by atoms with Crippen LogP contribution in [0.15, 0.2) is 9.64 Å². The van der Waals surface area contributed by atoms with Crippen molar-refractivity contribution in [1.82, 2.24) is 15.5 Å². The number of piperidine rings is 1. The molecular formula is C9H15N3OS. The fraction of sp³-hybridized carbons (Fsp3) is 0.778. The van der Waals surface area contributed by atoms with E-state index in [9.17, 15) is 0 Å². The van der Waals surface area contributed by atoms with Crippen LogP contribution in [0.1, 0.15) is 38.1 Å². The average molecular weight is 213 g/mol. The number of nitrogens with zero attached hydrogens (tertiary/aromatic N) is 2. The SMILES string of the molecule is CCC1CCN[C@@H](c2nnc(S)o2)C1. The van der Waals surface area contributed by atoms with Gasteiger partial charge in [-0.15, -0.1) is 10.2 Å². The van der Waals surface area contributed by atoms with Crippen LogP contribution in [-0.2, 0) is 0 Å². The molecule has 0 aromatic carbocycles. The summed E-state index contributed by atoms with van der Waals surface area (Å²) in [7, 11) is 0. The van der Waals surface area contributed by atoms with Gasteiger partial charge in [-0.3, -0.25) is 0 Å². The van der Waals surface area contributed by atoms with Gasteiger partial charge in [0, 0.05) is 0 Å². The minimum atomic E-state index is 0.224. The van der Waals surface area contributed by atoms with E-state index in [4.69, 9.17) is 4.42 Å². The van der Waals surface area contributed by atoms with Gasteiger partial charge in [-0.25, -0.2) is 0 Å². The van der Waals surface area contributed by atoms with Crippen molar-refractivity contribution < 1.29 is 4.42 Å². The van der Waals surface area contributed by atoms with Crippen LogP contribution in [0.25, 0.3) is 0 Å². The summed E-state index contributed by atoms with van der Waals surface area (Å²) in [6.07, 6.45) is 3.56. The van der Waals surface area contributed by atoms with Gasteiger partial charge in [0.15, 0.2) is 0 Å². The van der Waals surface area contributed by atoms with E-state index in [1.807, 2.05) is 0 Å². The number of aromatic nitrogens is 2. The number of hydrogen-bond donors (Lipinski definition) is 2. The quantitative estimate of drug-likeness (QED) is 0.736. The summed E-state index contributed by atoms with van der Waals surface area (Å²) in [5, 5.41) is 11.4. The van der Waals surface area contributed by atoms with Crippen molar-refractivity contribution >= 4 is 12.6 Å². The minimum Gasteiger partial charge on any atom is -0.414 e. The molecule has 2 rings (SSSR count). The molecule has 2 atom stereocenters. The topological polar surface area (TPSA) is 51.0 Å². The summed E-state index contributed by atoms with van der Waals surface area (Å²) in [4.78, 5) is 0. The lowest BCUT2D eigenvalue weighted by molar-refractivity contribution is 0.254. The van der Waals surface area contributed by atoms with E-state index >= 15 is 0 Å². The minimum absolute atomic E-state index is 0.224. The number of nitrogens with one attached hydrogen (secondary N) is 1. The van der Waals surface area contributed by atoms with Crippen molar-refractivity contribution in [1.29, 1.82) is 0 Å². The Morgan fingerprint density at radius 3 is 3.07 bits per heavy atom. The van der Waals surface area contributed by atoms with E-state index in [1.165, 1.54) is 12.8 Å². The lowest BCUT2D eigenvalue weighted by atomic mass is 9.90. The molecule has 0 spiro atoms. The van der Waals surface area contributed by atoms with Gasteiger partial charge in [-0.05, 0) is 25.3 Å². The predicted molar refractivity (Wildman–Crippen MR) is 55.3 cm³/mol. The van der Waals surface area contributed by atoms with E-state index in [0.717, 1.165) is 18.9 Å². The van der Waals surface area contributed by atoms with Crippen LogP contribution in [0.5, 0.6) is 0 Å². The maximum absolute atomic E-state index is 5.30. The molecule has 2 heterocycles. The van der Waals surface area contributed by atoms with Crippen LogP contribution in [-0.4, -0.2) is 16.7 Å². The van der Waals surface area contributed by atoms with Gasteiger partial charge in [-0.2, -0.15) is 0 Å². The first-order valence-electron chi connectivity index (χ1n) is 5.05. The number of rotatable bonds is 2. The van der Waals surface area contributed by atoms with Gasteiger partial charge >= 0.3 is 0 Å². The summed E-state index contributed by atoms with van der Waals surface area (Å²) in [6.45, 7) is 3.26. The lowest BCUT2D eigenvalue weighted by Crippen LogP contribution is -2.31. The molecule has 4 nitrogen and oxygen atoms in total. The second kappa shape index (κ2) is 4.31. The van der Waals surface area contributed by atoms with Crippen molar-refractivity contribution in [3.63, 3.8) is 0 Å². The number of thiol groups is 1.